The number of anilines is 1. The molecule has 1 aliphatic rings. The van der Waals surface area contributed by atoms with Crippen molar-refractivity contribution in [3.8, 4) is 5.75 Å². The molecule has 86 valence electrons. The lowest BCUT2D eigenvalue weighted by atomic mass is 10.1. The molecule has 0 spiro atoms. The fourth-order valence-electron chi connectivity index (χ4n) is 2.03. The maximum Gasteiger partial charge on any atom is 0.335 e. The molecule has 4 heteroatoms. The van der Waals surface area contributed by atoms with Crippen LogP contribution in [0, 0.1) is 0 Å². The van der Waals surface area contributed by atoms with Crippen molar-refractivity contribution in [2.24, 2.45) is 0 Å². The Bertz CT molecular complexity index is 397. The third-order valence-corrected chi connectivity index (χ3v) is 2.87. The number of benzene rings is 1. The van der Waals surface area contributed by atoms with Gasteiger partial charge in [-0.25, -0.2) is 4.79 Å². The number of carboxylic acid groups (broad SMARTS) is 1. The van der Waals surface area contributed by atoms with Crippen LogP contribution in [0.1, 0.15) is 23.2 Å². The van der Waals surface area contributed by atoms with Crippen LogP contribution < -0.4 is 9.64 Å². The van der Waals surface area contributed by atoms with Crippen LogP contribution in [0.3, 0.4) is 0 Å². The highest BCUT2D eigenvalue weighted by atomic mass is 16.5. The van der Waals surface area contributed by atoms with E-state index < -0.39 is 5.97 Å². The van der Waals surface area contributed by atoms with Crippen LogP contribution in [-0.4, -0.2) is 31.3 Å². The molecule has 0 radical (unpaired) electrons. The summed E-state index contributed by atoms with van der Waals surface area (Å²) in [7, 11) is 1.61. The first-order valence-corrected chi connectivity index (χ1v) is 5.38. The van der Waals surface area contributed by atoms with E-state index >= 15 is 0 Å². The molecule has 1 N–H and O–H groups in total. The smallest absolute Gasteiger partial charge is 0.335 e. The number of hydrogen-bond acceptors (Lipinski definition) is 3. The van der Waals surface area contributed by atoms with Crippen LogP contribution in [-0.2, 0) is 0 Å². The zero-order valence-corrected chi connectivity index (χ0v) is 9.27. The summed E-state index contributed by atoms with van der Waals surface area (Å²) in [6.07, 6.45) is 2.31. The summed E-state index contributed by atoms with van der Waals surface area (Å²) in [5, 5.41) is 8.96. The molecule has 1 saturated heterocycles. The van der Waals surface area contributed by atoms with Gasteiger partial charge in [-0.15, -0.1) is 0 Å². The van der Waals surface area contributed by atoms with Crippen molar-refractivity contribution in [1.82, 2.24) is 0 Å². The van der Waals surface area contributed by atoms with Crippen LogP contribution in [0.2, 0.25) is 0 Å². The molecule has 0 amide bonds. The maximum atomic E-state index is 10.9. The molecular weight excluding hydrogens is 206 g/mol. The van der Waals surface area contributed by atoms with E-state index in [9.17, 15) is 4.79 Å². The molecule has 1 heterocycles. The Morgan fingerprint density at radius 3 is 2.62 bits per heavy atom. The van der Waals surface area contributed by atoms with Gasteiger partial charge in [0.25, 0.3) is 0 Å². The summed E-state index contributed by atoms with van der Waals surface area (Å²) in [6, 6.07) is 4.98. The number of carboxylic acids is 1. The van der Waals surface area contributed by atoms with E-state index in [4.69, 9.17) is 9.84 Å². The minimum absolute atomic E-state index is 0.308. The van der Waals surface area contributed by atoms with Gasteiger partial charge in [-0.3, -0.25) is 0 Å². The first-order chi connectivity index (χ1) is 7.72. The summed E-state index contributed by atoms with van der Waals surface area (Å²) in [6.45, 7) is 1.94. The number of methoxy groups -OCH3 is 1. The van der Waals surface area contributed by atoms with E-state index in [1.807, 2.05) is 0 Å². The average Bonchev–Trinajstić information content (AvgIpc) is 2.81. The standard InChI is InChI=1S/C12H15NO3/c1-16-11-5-4-9(12(14)15)8-10(11)13-6-2-3-7-13/h4-5,8H,2-3,6-7H2,1H3,(H,14,15). The number of aromatic carboxylic acids is 1. The number of ether oxygens (including phenoxy) is 1. The number of carbonyl (C=O) groups is 1. The van der Waals surface area contributed by atoms with Crippen LogP contribution in [0.25, 0.3) is 0 Å². The molecule has 0 unspecified atom stereocenters. The van der Waals surface area contributed by atoms with Gasteiger partial charge in [0.05, 0.1) is 18.4 Å². The summed E-state index contributed by atoms with van der Waals surface area (Å²) >= 11 is 0. The van der Waals surface area contributed by atoms with Gasteiger partial charge < -0.3 is 14.7 Å². The minimum atomic E-state index is -0.900. The number of rotatable bonds is 3. The predicted octanol–water partition coefficient (Wildman–Crippen LogP) is 1.99. The van der Waals surface area contributed by atoms with Gasteiger partial charge >= 0.3 is 5.97 Å². The van der Waals surface area contributed by atoms with Gasteiger partial charge in [-0.05, 0) is 31.0 Å². The van der Waals surface area contributed by atoms with Crippen LogP contribution in [0.5, 0.6) is 5.75 Å². The van der Waals surface area contributed by atoms with E-state index in [1.54, 1.807) is 25.3 Å². The monoisotopic (exact) mass is 221 g/mol. The molecule has 1 aromatic carbocycles. The zero-order valence-electron chi connectivity index (χ0n) is 9.27. The summed E-state index contributed by atoms with van der Waals surface area (Å²) < 4.78 is 5.26. The van der Waals surface area contributed by atoms with Crippen LogP contribution in [0.4, 0.5) is 5.69 Å². The topological polar surface area (TPSA) is 49.8 Å². The normalized spacial score (nSPS) is 15.2. The highest BCUT2D eigenvalue weighted by Crippen LogP contribution is 2.31. The summed E-state index contributed by atoms with van der Waals surface area (Å²) in [5.41, 5.74) is 1.20. The molecule has 1 fully saturated rings. The van der Waals surface area contributed by atoms with Crippen molar-refractivity contribution in [3.63, 3.8) is 0 Å². The molecule has 0 aliphatic carbocycles. The third-order valence-electron chi connectivity index (χ3n) is 2.87. The Labute approximate surface area is 94.4 Å². The zero-order chi connectivity index (χ0) is 11.5. The lowest BCUT2D eigenvalue weighted by Gasteiger charge is -2.20. The molecule has 1 aromatic rings. The number of hydrogen-bond donors (Lipinski definition) is 1. The van der Waals surface area contributed by atoms with Crippen LogP contribution in [0.15, 0.2) is 18.2 Å². The minimum Gasteiger partial charge on any atom is -0.495 e. The van der Waals surface area contributed by atoms with Gasteiger partial charge in [0.15, 0.2) is 0 Å². The lowest BCUT2D eigenvalue weighted by molar-refractivity contribution is 0.0697. The second kappa shape index (κ2) is 4.43. The van der Waals surface area contributed by atoms with Gasteiger partial charge in [0.1, 0.15) is 5.75 Å². The molecular formula is C12H15NO3. The molecule has 1 aliphatic heterocycles. The first-order valence-electron chi connectivity index (χ1n) is 5.38. The van der Waals surface area contributed by atoms with E-state index in [1.165, 1.54) is 0 Å². The van der Waals surface area contributed by atoms with Crippen molar-refractivity contribution in [1.29, 1.82) is 0 Å². The third kappa shape index (κ3) is 1.96. The van der Waals surface area contributed by atoms with Gasteiger partial charge in [0.2, 0.25) is 0 Å². The van der Waals surface area contributed by atoms with E-state index in [-0.39, 0.29) is 0 Å². The van der Waals surface area contributed by atoms with Crippen molar-refractivity contribution >= 4 is 11.7 Å². The molecule has 0 bridgehead atoms. The Morgan fingerprint density at radius 1 is 1.38 bits per heavy atom. The van der Waals surface area contributed by atoms with Gasteiger partial charge in [-0.2, -0.15) is 0 Å². The largest absolute Gasteiger partial charge is 0.495 e. The molecule has 0 atom stereocenters. The summed E-state index contributed by atoms with van der Waals surface area (Å²) in [5.74, 6) is -0.157. The molecule has 0 aromatic heterocycles. The lowest BCUT2D eigenvalue weighted by Crippen LogP contribution is -2.19. The van der Waals surface area contributed by atoms with Crippen molar-refractivity contribution in [2.45, 2.75) is 12.8 Å². The second-order valence-electron chi connectivity index (χ2n) is 3.89. The Morgan fingerprint density at radius 2 is 2.06 bits per heavy atom. The van der Waals surface area contributed by atoms with Crippen LogP contribution >= 0.6 is 0 Å². The molecule has 4 nitrogen and oxygen atoms in total. The summed E-state index contributed by atoms with van der Waals surface area (Å²) in [4.78, 5) is 13.1. The fourth-order valence-corrected chi connectivity index (χ4v) is 2.03. The quantitative estimate of drug-likeness (QED) is 0.848. The first kappa shape index (κ1) is 10.8. The van der Waals surface area contributed by atoms with E-state index in [0.29, 0.717) is 5.56 Å². The SMILES string of the molecule is COc1ccc(C(=O)O)cc1N1CCCC1. The van der Waals surface area contributed by atoms with E-state index in [0.717, 1.165) is 37.4 Å². The van der Waals surface area contributed by atoms with Crippen molar-refractivity contribution < 1.29 is 14.6 Å². The van der Waals surface area contributed by atoms with Crippen molar-refractivity contribution in [2.75, 3.05) is 25.1 Å². The fraction of sp³-hybridized carbons (Fsp3) is 0.417. The Kier molecular flexibility index (Phi) is 2.99. The Hall–Kier alpha value is -1.71. The van der Waals surface area contributed by atoms with E-state index in [2.05, 4.69) is 4.90 Å². The molecule has 2 rings (SSSR count). The van der Waals surface area contributed by atoms with Gasteiger partial charge in [-0.1, -0.05) is 0 Å². The predicted molar refractivity (Wildman–Crippen MR) is 61.4 cm³/mol. The van der Waals surface area contributed by atoms with Gasteiger partial charge in [0, 0.05) is 13.1 Å². The molecule has 16 heavy (non-hydrogen) atoms. The highest BCUT2D eigenvalue weighted by Gasteiger charge is 2.18. The van der Waals surface area contributed by atoms with Crippen molar-refractivity contribution in [3.05, 3.63) is 23.8 Å². The second-order valence-corrected chi connectivity index (χ2v) is 3.89. The average molecular weight is 221 g/mol. The number of nitrogens with zero attached hydrogens (tertiary/aromatic N) is 1. The molecule has 0 saturated carbocycles. The Balaban J connectivity index is 2.38. The highest BCUT2D eigenvalue weighted by molar-refractivity contribution is 5.89. The maximum absolute atomic E-state index is 10.9.